The maximum Gasteiger partial charge on any atom is 0.184 e. The first-order chi connectivity index (χ1) is 9.88. The van der Waals surface area contributed by atoms with Crippen molar-refractivity contribution in [2.75, 3.05) is 6.61 Å². The van der Waals surface area contributed by atoms with Crippen molar-refractivity contribution in [1.29, 1.82) is 0 Å². The second kappa shape index (κ2) is 5.70. The van der Waals surface area contributed by atoms with E-state index >= 15 is 0 Å². The van der Waals surface area contributed by atoms with E-state index in [0.29, 0.717) is 6.61 Å². The van der Waals surface area contributed by atoms with Gasteiger partial charge in [0.1, 0.15) is 6.26 Å². The fourth-order valence-corrected chi connectivity index (χ4v) is 2.03. The zero-order valence-electron chi connectivity index (χ0n) is 11.3. The van der Waals surface area contributed by atoms with Crippen molar-refractivity contribution >= 4 is 0 Å². The van der Waals surface area contributed by atoms with Gasteiger partial charge in [-0.25, -0.2) is 0 Å². The average Bonchev–Trinajstić information content (AvgIpc) is 3.32. The van der Waals surface area contributed by atoms with Gasteiger partial charge in [-0.2, -0.15) is 0 Å². The molecule has 0 radical (unpaired) electrons. The molecule has 0 amide bonds. The molecule has 0 aromatic heterocycles. The molecule has 2 aromatic rings. The molecule has 1 unspecified atom stereocenters. The van der Waals surface area contributed by atoms with Crippen molar-refractivity contribution in [3.05, 3.63) is 72.2 Å². The van der Waals surface area contributed by atoms with Crippen LogP contribution in [0.1, 0.15) is 18.6 Å². The van der Waals surface area contributed by atoms with Crippen LogP contribution in [0.5, 0.6) is 11.5 Å². The SMILES string of the molecule is CCOc1ccccc1OC(C1=CO1)c1ccccc1. The van der Waals surface area contributed by atoms with E-state index in [1.165, 1.54) is 0 Å². The Bertz CT molecular complexity index is 605. The predicted molar refractivity (Wildman–Crippen MR) is 76.6 cm³/mol. The van der Waals surface area contributed by atoms with Gasteiger partial charge in [0.25, 0.3) is 0 Å². The normalized spacial score (nSPS) is 13.9. The standard InChI is InChI=1S/C17H16O3/c1-2-18-14-10-6-7-11-15(14)20-17(16-12-19-16)13-8-4-3-5-9-13/h3-12,17H,2H2,1H3. The highest BCUT2D eigenvalue weighted by Gasteiger charge is 2.28. The molecule has 0 aliphatic carbocycles. The van der Waals surface area contributed by atoms with Crippen LogP contribution in [-0.4, -0.2) is 6.61 Å². The Labute approximate surface area is 118 Å². The van der Waals surface area contributed by atoms with Crippen molar-refractivity contribution in [2.24, 2.45) is 0 Å². The highest BCUT2D eigenvalue weighted by Crippen LogP contribution is 2.38. The van der Waals surface area contributed by atoms with Crippen LogP contribution >= 0.6 is 0 Å². The summed E-state index contributed by atoms with van der Waals surface area (Å²) in [5.41, 5.74) is 1.06. The number of hydrogen-bond donors (Lipinski definition) is 0. The monoisotopic (exact) mass is 268 g/mol. The Morgan fingerprint density at radius 1 is 0.950 bits per heavy atom. The highest BCUT2D eigenvalue weighted by molar-refractivity contribution is 5.41. The van der Waals surface area contributed by atoms with E-state index in [4.69, 9.17) is 14.2 Å². The molecule has 0 fully saturated rings. The minimum Gasteiger partial charge on any atom is -0.490 e. The van der Waals surface area contributed by atoms with Crippen LogP contribution in [0, 0.1) is 0 Å². The Morgan fingerprint density at radius 3 is 2.25 bits per heavy atom. The Balaban J connectivity index is 1.86. The zero-order valence-corrected chi connectivity index (χ0v) is 11.3. The van der Waals surface area contributed by atoms with E-state index in [1.54, 1.807) is 6.26 Å². The van der Waals surface area contributed by atoms with Gasteiger partial charge in [0.2, 0.25) is 0 Å². The molecule has 1 atom stereocenters. The van der Waals surface area contributed by atoms with Gasteiger partial charge in [-0.05, 0) is 19.1 Å². The van der Waals surface area contributed by atoms with Gasteiger partial charge in [0.05, 0.1) is 6.61 Å². The van der Waals surface area contributed by atoms with Gasteiger partial charge >= 0.3 is 0 Å². The van der Waals surface area contributed by atoms with Crippen LogP contribution in [-0.2, 0) is 4.74 Å². The van der Waals surface area contributed by atoms with Crippen LogP contribution in [0.2, 0.25) is 0 Å². The van der Waals surface area contributed by atoms with E-state index in [0.717, 1.165) is 22.8 Å². The summed E-state index contributed by atoms with van der Waals surface area (Å²) in [5.74, 6) is 2.30. The lowest BCUT2D eigenvalue weighted by atomic mass is 10.1. The number of para-hydroxylation sites is 2. The van der Waals surface area contributed by atoms with Crippen LogP contribution in [0.3, 0.4) is 0 Å². The fraction of sp³-hybridized carbons (Fsp3) is 0.176. The molecule has 1 aliphatic heterocycles. The molecule has 0 saturated heterocycles. The summed E-state index contributed by atoms with van der Waals surface area (Å²) in [5, 5.41) is 0. The molecule has 1 aliphatic rings. The van der Waals surface area contributed by atoms with Crippen molar-refractivity contribution in [1.82, 2.24) is 0 Å². The molecule has 0 bridgehead atoms. The molecule has 20 heavy (non-hydrogen) atoms. The van der Waals surface area contributed by atoms with Gasteiger partial charge < -0.3 is 14.2 Å². The van der Waals surface area contributed by atoms with Gasteiger partial charge in [0.15, 0.2) is 23.4 Å². The summed E-state index contributed by atoms with van der Waals surface area (Å²) in [6.07, 6.45) is 1.49. The lowest BCUT2D eigenvalue weighted by Crippen LogP contribution is -2.08. The Kier molecular flexibility index (Phi) is 3.59. The molecule has 0 N–H and O–H groups in total. The molecule has 0 spiro atoms. The van der Waals surface area contributed by atoms with E-state index in [-0.39, 0.29) is 6.10 Å². The quantitative estimate of drug-likeness (QED) is 0.791. The Hall–Kier alpha value is -2.42. The van der Waals surface area contributed by atoms with Crippen LogP contribution in [0.25, 0.3) is 0 Å². The lowest BCUT2D eigenvalue weighted by molar-refractivity contribution is 0.201. The van der Waals surface area contributed by atoms with Crippen LogP contribution in [0.4, 0.5) is 0 Å². The summed E-state index contributed by atoms with van der Waals surface area (Å²) >= 11 is 0. The summed E-state index contributed by atoms with van der Waals surface area (Å²) in [4.78, 5) is 0. The van der Waals surface area contributed by atoms with Gasteiger partial charge in [0, 0.05) is 5.56 Å². The highest BCUT2D eigenvalue weighted by atomic mass is 16.6. The van der Waals surface area contributed by atoms with Crippen molar-refractivity contribution in [3.63, 3.8) is 0 Å². The molecule has 2 aromatic carbocycles. The van der Waals surface area contributed by atoms with Crippen LogP contribution < -0.4 is 9.47 Å². The third-order valence-electron chi connectivity index (χ3n) is 3.01. The topological polar surface area (TPSA) is 31.0 Å². The number of ether oxygens (including phenoxy) is 3. The summed E-state index contributed by atoms with van der Waals surface area (Å²) in [7, 11) is 0. The predicted octanol–water partition coefficient (Wildman–Crippen LogP) is 4.08. The molecule has 3 heteroatoms. The molecule has 0 saturated carbocycles. The second-order valence-corrected chi connectivity index (χ2v) is 4.43. The van der Waals surface area contributed by atoms with E-state index in [9.17, 15) is 0 Å². The zero-order chi connectivity index (χ0) is 13.8. The maximum atomic E-state index is 6.09. The first kappa shape index (κ1) is 12.6. The smallest absolute Gasteiger partial charge is 0.184 e. The molecule has 3 rings (SSSR count). The minimum absolute atomic E-state index is 0.224. The van der Waals surface area contributed by atoms with E-state index in [1.807, 2.05) is 61.5 Å². The minimum atomic E-state index is -0.224. The van der Waals surface area contributed by atoms with Gasteiger partial charge in [-0.15, -0.1) is 0 Å². The fourth-order valence-electron chi connectivity index (χ4n) is 2.03. The number of benzene rings is 2. The molecule has 3 nitrogen and oxygen atoms in total. The third kappa shape index (κ3) is 2.77. The summed E-state index contributed by atoms with van der Waals surface area (Å²) < 4.78 is 16.9. The number of rotatable bonds is 6. The van der Waals surface area contributed by atoms with Crippen molar-refractivity contribution < 1.29 is 14.2 Å². The van der Waals surface area contributed by atoms with Gasteiger partial charge in [-0.1, -0.05) is 42.5 Å². The first-order valence-corrected chi connectivity index (χ1v) is 6.68. The van der Waals surface area contributed by atoms with E-state index < -0.39 is 0 Å². The molecular formula is C17H16O3. The summed E-state index contributed by atoms with van der Waals surface area (Å²) in [6.45, 7) is 2.56. The second-order valence-electron chi connectivity index (χ2n) is 4.43. The maximum absolute atomic E-state index is 6.09. The third-order valence-corrected chi connectivity index (χ3v) is 3.01. The van der Waals surface area contributed by atoms with Crippen LogP contribution in [0.15, 0.2) is 66.6 Å². The number of hydrogen-bond acceptors (Lipinski definition) is 3. The first-order valence-electron chi connectivity index (χ1n) is 6.68. The molecule has 1 heterocycles. The van der Waals surface area contributed by atoms with Crippen molar-refractivity contribution in [3.8, 4) is 11.5 Å². The average molecular weight is 268 g/mol. The lowest BCUT2D eigenvalue weighted by Gasteiger charge is -2.18. The largest absolute Gasteiger partial charge is 0.490 e. The summed E-state index contributed by atoms with van der Waals surface area (Å²) in [6, 6.07) is 17.7. The molecule has 102 valence electrons. The Morgan fingerprint density at radius 2 is 1.60 bits per heavy atom. The van der Waals surface area contributed by atoms with Crippen molar-refractivity contribution in [2.45, 2.75) is 13.0 Å². The van der Waals surface area contributed by atoms with E-state index in [2.05, 4.69) is 0 Å². The van der Waals surface area contributed by atoms with Gasteiger partial charge in [-0.3, -0.25) is 0 Å². The molecular weight excluding hydrogens is 252 g/mol.